The van der Waals surface area contributed by atoms with Crippen molar-refractivity contribution in [1.82, 2.24) is 4.90 Å². The van der Waals surface area contributed by atoms with Gasteiger partial charge in [-0.15, -0.1) is 11.3 Å². The average molecular weight is 387 g/mol. The Bertz CT molecular complexity index is 760. The van der Waals surface area contributed by atoms with E-state index in [1.54, 1.807) is 11.3 Å². The molecule has 0 unspecified atom stereocenters. The van der Waals surface area contributed by atoms with E-state index in [4.69, 9.17) is 0 Å². The van der Waals surface area contributed by atoms with Crippen LogP contribution in [0.15, 0.2) is 35.7 Å². The maximum Gasteiger partial charge on any atom is 0.279 e. The molecule has 3 rings (SSSR count). The summed E-state index contributed by atoms with van der Waals surface area (Å²) < 4.78 is 0. The summed E-state index contributed by atoms with van der Waals surface area (Å²) in [5.41, 5.74) is 3.09. The summed E-state index contributed by atoms with van der Waals surface area (Å²) in [6.45, 7) is 7.58. The van der Waals surface area contributed by atoms with E-state index in [1.165, 1.54) is 9.78 Å². The normalized spacial score (nSPS) is 15.0. The van der Waals surface area contributed by atoms with Crippen molar-refractivity contribution in [1.29, 1.82) is 0 Å². The van der Waals surface area contributed by atoms with Crippen molar-refractivity contribution in [2.45, 2.75) is 26.7 Å². The Kier molecular flexibility index (Phi) is 6.63. The molecule has 27 heavy (non-hydrogen) atoms. The van der Waals surface area contributed by atoms with Gasteiger partial charge in [-0.3, -0.25) is 9.59 Å². The Morgan fingerprint density at radius 3 is 2.44 bits per heavy atom. The lowest BCUT2D eigenvalue weighted by Gasteiger charge is -2.32. The van der Waals surface area contributed by atoms with Crippen LogP contribution in [0.25, 0.3) is 0 Å². The topological polar surface area (TPSA) is 53.9 Å². The third-order valence-electron chi connectivity index (χ3n) is 5.14. The minimum absolute atomic E-state index is 0.0415. The summed E-state index contributed by atoms with van der Waals surface area (Å²) in [7, 11) is 0. The van der Waals surface area contributed by atoms with Crippen molar-refractivity contribution < 1.29 is 14.5 Å². The fourth-order valence-corrected chi connectivity index (χ4v) is 4.22. The maximum atomic E-state index is 12.4. The van der Waals surface area contributed by atoms with Crippen LogP contribution in [0, 0.1) is 13.8 Å². The number of piperazine rings is 1. The summed E-state index contributed by atoms with van der Waals surface area (Å²) >= 11 is 1.70. The molecule has 1 fully saturated rings. The second-order valence-electron chi connectivity index (χ2n) is 7.20. The molecule has 2 heterocycles. The number of nitrogens with one attached hydrogen (secondary N) is 2. The van der Waals surface area contributed by atoms with Crippen LogP contribution in [0.3, 0.4) is 0 Å². The molecule has 2 amide bonds. The molecule has 0 spiro atoms. The first-order chi connectivity index (χ1) is 13.0. The SMILES string of the molecule is Cc1cccc(C)c1NC(=O)C[NH+]1CCN(C(=O)CCc2cccs2)CC1. The Balaban J connectivity index is 1.42. The van der Waals surface area contributed by atoms with E-state index in [9.17, 15) is 9.59 Å². The molecule has 0 aliphatic carbocycles. The van der Waals surface area contributed by atoms with E-state index in [0.29, 0.717) is 13.0 Å². The van der Waals surface area contributed by atoms with Crippen molar-refractivity contribution >= 4 is 28.8 Å². The quantitative estimate of drug-likeness (QED) is 0.793. The lowest BCUT2D eigenvalue weighted by Crippen LogP contribution is -3.15. The monoisotopic (exact) mass is 386 g/mol. The first kappa shape index (κ1) is 19.6. The molecule has 0 atom stereocenters. The lowest BCUT2D eigenvalue weighted by atomic mass is 10.1. The van der Waals surface area contributed by atoms with Gasteiger partial charge in [-0.2, -0.15) is 0 Å². The van der Waals surface area contributed by atoms with E-state index in [1.807, 2.05) is 48.4 Å². The number of carbonyl (C=O) groups is 2. The van der Waals surface area contributed by atoms with Gasteiger partial charge in [0.05, 0.1) is 26.2 Å². The number of hydrogen-bond donors (Lipinski definition) is 2. The summed E-state index contributed by atoms with van der Waals surface area (Å²) in [5.74, 6) is 0.266. The highest BCUT2D eigenvalue weighted by Gasteiger charge is 2.25. The highest BCUT2D eigenvalue weighted by molar-refractivity contribution is 7.09. The Morgan fingerprint density at radius 1 is 1.11 bits per heavy atom. The molecular weight excluding hydrogens is 358 g/mol. The Labute approximate surface area is 165 Å². The van der Waals surface area contributed by atoms with Gasteiger partial charge in [-0.25, -0.2) is 0 Å². The van der Waals surface area contributed by atoms with E-state index < -0.39 is 0 Å². The number of thiophene rings is 1. The first-order valence-electron chi connectivity index (χ1n) is 9.52. The number of aryl methyl sites for hydroxylation is 3. The summed E-state index contributed by atoms with van der Waals surface area (Å²) in [6.07, 6.45) is 1.39. The van der Waals surface area contributed by atoms with Crippen LogP contribution in [0.4, 0.5) is 5.69 Å². The van der Waals surface area contributed by atoms with Gasteiger partial charge in [0.15, 0.2) is 6.54 Å². The fraction of sp³-hybridized carbons (Fsp3) is 0.429. The van der Waals surface area contributed by atoms with Crippen molar-refractivity contribution in [3.8, 4) is 0 Å². The van der Waals surface area contributed by atoms with Gasteiger partial charge in [-0.1, -0.05) is 24.3 Å². The lowest BCUT2D eigenvalue weighted by molar-refractivity contribution is -0.895. The van der Waals surface area contributed by atoms with E-state index in [2.05, 4.69) is 11.4 Å². The van der Waals surface area contributed by atoms with Gasteiger partial charge < -0.3 is 15.1 Å². The molecule has 0 radical (unpaired) electrons. The molecular formula is C21H28N3O2S+. The first-order valence-corrected chi connectivity index (χ1v) is 10.4. The number of amides is 2. The van der Waals surface area contributed by atoms with E-state index in [0.717, 1.165) is 49.4 Å². The van der Waals surface area contributed by atoms with Crippen LogP contribution in [-0.2, 0) is 16.0 Å². The second-order valence-corrected chi connectivity index (χ2v) is 8.23. The van der Waals surface area contributed by atoms with Crippen LogP contribution in [0.1, 0.15) is 22.4 Å². The third-order valence-corrected chi connectivity index (χ3v) is 6.08. The molecule has 5 nitrogen and oxygen atoms in total. The Hall–Kier alpha value is -2.18. The standard InChI is InChI=1S/C21H27N3O2S/c1-16-5-3-6-17(2)21(16)22-19(25)15-23-10-12-24(13-11-23)20(26)9-8-18-7-4-14-27-18/h3-7,14H,8-13,15H2,1-2H3,(H,22,25)/p+1. The number of para-hydroxylation sites is 1. The molecule has 144 valence electrons. The summed E-state index contributed by atoms with van der Waals surface area (Å²) in [5, 5.41) is 5.10. The Morgan fingerprint density at radius 2 is 1.81 bits per heavy atom. The maximum absolute atomic E-state index is 12.4. The predicted octanol–water partition coefficient (Wildman–Crippen LogP) is 1.66. The smallest absolute Gasteiger partial charge is 0.279 e. The predicted molar refractivity (Wildman–Crippen MR) is 109 cm³/mol. The fourth-order valence-electron chi connectivity index (χ4n) is 3.51. The zero-order valence-corrected chi connectivity index (χ0v) is 16.9. The molecule has 2 aromatic rings. The zero-order valence-electron chi connectivity index (χ0n) is 16.1. The van der Waals surface area contributed by atoms with Crippen LogP contribution in [0.2, 0.25) is 0 Å². The summed E-state index contributed by atoms with van der Waals surface area (Å²) in [6, 6.07) is 10.1. The molecule has 2 N–H and O–H groups in total. The molecule has 1 saturated heterocycles. The summed E-state index contributed by atoms with van der Waals surface area (Å²) in [4.78, 5) is 29.2. The van der Waals surface area contributed by atoms with Crippen LogP contribution < -0.4 is 10.2 Å². The van der Waals surface area contributed by atoms with Crippen LogP contribution in [0.5, 0.6) is 0 Å². The molecule has 0 saturated carbocycles. The minimum Gasteiger partial charge on any atom is -0.331 e. The van der Waals surface area contributed by atoms with Crippen molar-refractivity contribution in [3.05, 3.63) is 51.7 Å². The minimum atomic E-state index is 0.0415. The molecule has 1 aliphatic rings. The number of carbonyl (C=O) groups excluding carboxylic acids is 2. The van der Waals surface area contributed by atoms with Gasteiger partial charge >= 0.3 is 0 Å². The second kappa shape index (κ2) is 9.15. The molecule has 1 aromatic heterocycles. The van der Waals surface area contributed by atoms with Gasteiger partial charge in [0.25, 0.3) is 5.91 Å². The van der Waals surface area contributed by atoms with Gasteiger partial charge in [0.1, 0.15) is 0 Å². The van der Waals surface area contributed by atoms with Gasteiger partial charge in [0, 0.05) is 17.0 Å². The largest absolute Gasteiger partial charge is 0.331 e. The molecule has 6 heteroatoms. The average Bonchev–Trinajstić information content (AvgIpc) is 3.17. The van der Waals surface area contributed by atoms with Crippen molar-refractivity contribution in [2.75, 3.05) is 38.0 Å². The molecule has 0 bridgehead atoms. The highest BCUT2D eigenvalue weighted by atomic mass is 32.1. The van der Waals surface area contributed by atoms with E-state index in [-0.39, 0.29) is 11.8 Å². The number of benzene rings is 1. The molecule has 1 aliphatic heterocycles. The number of quaternary nitrogens is 1. The van der Waals surface area contributed by atoms with Crippen molar-refractivity contribution in [2.24, 2.45) is 0 Å². The van der Waals surface area contributed by atoms with Crippen molar-refractivity contribution in [3.63, 3.8) is 0 Å². The molecule has 1 aromatic carbocycles. The zero-order chi connectivity index (χ0) is 19.2. The number of nitrogens with zero attached hydrogens (tertiary/aromatic N) is 1. The van der Waals surface area contributed by atoms with E-state index >= 15 is 0 Å². The third kappa shape index (κ3) is 5.40. The number of rotatable bonds is 6. The number of hydrogen-bond acceptors (Lipinski definition) is 3. The van der Waals surface area contributed by atoms with Crippen LogP contribution in [-0.4, -0.2) is 49.4 Å². The highest BCUT2D eigenvalue weighted by Crippen LogP contribution is 2.19. The van der Waals surface area contributed by atoms with Gasteiger partial charge in [-0.05, 0) is 42.8 Å². The van der Waals surface area contributed by atoms with Crippen LogP contribution >= 0.6 is 11.3 Å². The van der Waals surface area contributed by atoms with Gasteiger partial charge in [0.2, 0.25) is 5.91 Å². The number of anilines is 1.